The summed E-state index contributed by atoms with van der Waals surface area (Å²) in [4.78, 5) is 35.9. The number of nitrogens with zero attached hydrogens (tertiary/aromatic N) is 2. The third-order valence-electron chi connectivity index (χ3n) is 4.60. The SMILES string of the molecule is CC(=O)C1=C(C)NC(SCC(=O)c2ccc([N+](=O)[O-])cc2)=C(C#N)[C@H]1c1cccs1. The van der Waals surface area contributed by atoms with Gasteiger partial charge in [-0.2, -0.15) is 5.26 Å². The van der Waals surface area contributed by atoms with Gasteiger partial charge in [0.2, 0.25) is 0 Å². The van der Waals surface area contributed by atoms with Crippen molar-refractivity contribution in [2.24, 2.45) is 0 Å². The molecule has 0 saturated heterocycles. The summed E-state index contributed by atoms with van der Waals surface area (Å²) < 4.78 is 0. The highest BCUT2D eigenvalue weighted by Crippen LogP contribution is 2.42. The molecule has 1 atom stereocenters. The van der Waals surface area contributed by atoms with Crippen LogP contribution in [0.2, 0.25) is 0 Å². The molecule has 0 fully saturated rings. The van der Waals surface area contributed by atoms with Gasteiger partial charge in [-0.1, -0.05) is 17.8 Å². The molecular formula is C21H17N3O4S2. The number of nitro benzene ring substituents is 1. The van der Waals surface area contributed by atoms with E-state index in [2.05, 4.69) is 11.4 Å². The molecule has 9 heteroatoms. The van der Waals surface area contributed by atoms with E-state index >= 15 is 0 Å². The average Bonchev–Trinajstić information content (AvgIpc) is 3.25. The fourth-order valence-corrected chi connectivity index (χ4v) is 5.05. The lowest BCUT2D eigenvalue weighted by molar-refractivity contribution is -0.384. The first-order valence-electron chi connectivity index (χ1n) is 8.90. The Kier molecular flexibility index (Phi) is 6.50. The second kappa shape index (κ2) is 9.07. The maximum absolute atomic E-state index is 12.5. The van der Waals surface area contributed by atoms with Crippen LogP contribution in [0.25, 0.3) is 0 Å². The van der Waals surface area contributed by atoms with Crippen molar-refractivity contribution in [3.05, 3.63) is 84.2 Å². The van der Waals surface area contributed by atoms with Gasteiger partial charge >= 0.3 is 0 Å². The number of nitro groups is 1. The lowest BCUT2D eigenvalue weighted by atomic mass is 9.85. The molecule has 0 amide bonds. The van der Waals surface area contributed by atoms with Crippen molar-refractivity contribution in [3.8, 4) is 6.07 Å². The standard InChI is InChI=1S/C21H17N3O4S2/c1-12-19(13(2)25)20(18-4-3-9-29-18)16(10-22)21(23-12)30-11-17(26)14-5-7-15(8-6-14)24(27)28/h3-9,20,23H,11H2,1-2H3/t20-/m0/s1. The molecule has 1 aliphatic rings. The Hall–Kier alpha value is -3.22. The van der Waals surface area contributed by atoms with E-state index in [4.69, 9.17) is 0 Å². The van der Waals surface area contributed by atoms with Gasteiger partial charge in [-0.05, 0) is 37.4 Å². The summed E-state index contributed by atoms with van der Waals surface area (Å²) in [6.45, 7) is 3.26. The molecule has 152 valence electrons. The highest BCUT2D eigenvalue weighted by Gasteiger charge is 2.33. The summed E-state index contributed by atoms with van der Waals surface area (Å²) in [5, 5.41) is 26.1. The number of nitriles is 1. The molecule has 0 radical (unpaired) electrons. The number of nitrogens with one attached hydrogen (secondary N) is 1. The Balaban J connectivity index is 1.86. The van der Waals surface area contributed by atoms with Crippen LogP contribution in [0.1, 0.15) is 35.0 Å². The molecule has 0 unspecified atom stereocenters. The minimum atomic E-state index is -0.522. The molecule has 0 saturated carbocycles. The number of ketones is 2. The monoisotopic (exact) mass is 439 g/mol. The van der Waals surface area contributed by atoms with E-state index in [0.29, 0.717) is 27.4 Å². The molecule has 0 aliphatic carbocycles. The van der Waals surface area contributed by atoms with Gasteiger partial charge in [-0.15, -0.1) is 11.3 Å². The van der Waals surface area contributed by atoms with Gasteiger partial charge in [-0.25, -0.2) is 0 Å². The zero-order valence-corrected chi connectivity index (χ0v) is 17.8. The zero-order valence-electron chi connectivity index (χ0n) is 16.2. The maximum Gasteiger partial charge on any atom is 0.269 e. The van der Waals surface area contributed by atoms with Gasteiger partial charge in [0.25, 0.3) is 5.69 Å². The summed E-state index contributed by atoms with van der Waals surface area (Å²) in [7, 11) is 0. The molecule has 1 aliphatic heterocycles. The number of thioether (sulfide) groups is 1. The molecule has 2 heterocycles. The first-order chi connectivity index (χ1) is 14.3. The number of Topliss-reactive ketones (excluding diaryl/α,β-unsaturated/α-hetero) is 2. The summed E-state index contributed by atoms with van der Waals surface area (Å²) in [5.41, 5.74) is 1.87. The maximum atomic E-state index is 12.5. The van der Waals surface area contributed by atoms with Gasteiger partial charge in [0.05, 0.1) is 33.3 Å². The number of non-ortho nitro benzene ring substituents is 1. The predicted octanol–water partition coefficient (Wildman–Crippen LogP) is 4.56. The molecule has 0 spiro atoms. The minimum absolute atomic E-state index is 0.0468. The van der Waals surface area contributed by atoms with Gasteiger partial charge < -0.3 is 5.32 Å². The first-order valence-corrected chi connectivity index (χ1v) is 10.8. The number of benzene rings is 1. The van der Waals surface area contributed by atoms with Crippen LogP contribution < -0.4 is 5.32 Å². The van der Waals surface area contributed by atoms with Gasteiger partial charge in [0, 0.05) is 33.8 Å². The Morgan fingerprint density at radius 2 is 2.00 bits per heavy atom. The van der Waals surface area contributed by atoms with Crippen molar-refractivity contribution in [2.45, 2.75) is 19.8 Å². The number of thiophene rings is 1. The van der Waals surface area contributed by atoms with E-state index in [-0.39, 0.29) is 23.0 Å². The summed E-state index contributed by atoms with van der Waals surface area (Å²) in [5.74, 6) is -0.749. The minimum Gasteiger partial charge on any atom is -0.353 e. The molecule has 30 heavy (non-hydrogen) atoms. The molecule has 7 nitrogen and oxygen atoms in total. The van der Waals surface area contributed by atoms with E-state index < -0.39 is 10.8 Å². The highest BCUT2D eigenvalue weighted by atomic mass is 32.2. The van der Waals surface area contributed by atoms with Crippen molar-refractivity contribution < 1.29 is 14.5 Å². The molecule has 2 aromatic rings. The molecule has 1 aromatic carbocycles. The van der Waals surface area contributed by atoms with Crippen molar-refractivity contribution in [2.75, 3.05) is 5.75 Å². The normalized spacial score (nSPS) is 16.1. The average molecular weight is 440 g/mol. The lowest BCUT2D eigenvalue weighted by Crippen LogP contribution is -2.27. The molecule has 1 aromatic heterocycles. The van der Waals surface area contributed by atoms with Gasteiger partial charge in [0.15, 0.2) is 11.6 Å². The Bertz CT molecular complexity index is 1110. The van der Waals surface area contributed by atoms with Gasteiger partial charge in [0.1, 0.15) is 0 Å². The van der Waals surface area contributed by atoms with Crippen molar-refractivity contribution in [1.82, 2.24) is 5.32 Å². The summed E-state index contributed by atoms with van der Waals surface area (Å²) >= 11 is 2.65. The third kappa shape index (κ3) is 4.35. The Morgan fingerprint density at radius 3 is 2.53 bits per heavy atom. The number of dihydropyridines is 1. The van der Waals surface area contributed by atoms with E-state index in [0.717, 1.165) is 4.88 Å². The number of carbonyl (C=O) groups is 2. The van der Waals surface area contributed by atoms with Crippen LogP contribution in [0, 0.1) is 21.4 Å². The molecule has 0 bridgehead atoms. The van der Waals surface area contributed by atoms with Crippen LogP contribution in [0.5, 0.6) is 0 Å². The summed E-state index contributed by atoms with van der Waals surface area (Å²) in [6, 6.07) is 11.4. The number of carbonyl (C=O) groups excluding carboxylic acids is 2. The molecule has 1 N–H and O–H groups in total. The third-order valence-corrected chi connectivity index (χ3v) is 6.56. The lowest BCUT2D eigenvalue weighted by Gasteiger charge is -2.28. The fourth-order valence-electron chi connectivity index (χ4n) is 3.22. The van der Waals surface area contributed by atoms with Crippen molar-refractivity contribution in [1.29, 1.82) is 5.26 Å². The quantitative estimate of drug-likeness (QED) is 0.382. The van der Waals surface area contributed by atoms with Crippen LogP contribution in [0.4, 0.5) is 5.69 Å². The Morgan fingerprint density at radius 1 is 1.30 bits per heavy atom. The van der Waals surface area contributed by atoms with Crippen LogP contribution in [-0.4, -0.2) is 22.2 Å². The predicted molar refractivity (Wildman–Crippen MR) is 116 cm³/mol. The second-order valence-electron chi connectivity index (χ2n) is 6.54. The zero-order chi connectivity index (χ0) is 21.8. The Labute approximate surface area is 181 Å². The first kappa shape index (κ1) is 21.5. The number of rotatable bonds is 7. The van der Waals surface area contributed by atoms with Crippen LogP contribution >= 0.6 is 23.1 Å². The largest absolute Gasteiger partial charge is 0.353 e. The molecular weight excluding hydrogens is 422 g/mol. The number of hydrogen-bond acceptors (Lipinski definition) is 8. The van der Waals surface area contributed by atoms with E-state index in [1.54, 1.807) is 6.92 Å². The highest BCUT2D eigenvalue weighted by molar-refractivity contribution is 8.03. The van der Waals surface area contributed by atoms with Gasteiger partial charge in [-0.3, -0.25) is 19.7 Å². The van der Waals surface area contributed by atoms with E-state index in [1.165, 1.54) is 54.3 Å². The van der Waals surface area contributed by atoms with Crippen LogP contribution in [0.3, 0.4) is 0 Å². The number of allylic oxidation sites excluding steroid dienone is 3. The topological polar surface area (TPSA) is 113 Å². The van der Waals surface area contributed by atoms with Crippen LogP contribution in [0.15, 0.2) is 63.7 Å². The molecule has 3 rings (SSSR count). The van der Waals surface area contributed by atoms with E-state index in [9.17, 15) is 25.0 Å². The summed E-state index contributed by atoms with van der Waals surface area (Å²) in [6.07, 6.45) is 0. The van der Waals surface area contributed by atoms with E-state index in [1.807, 2.05) is 17.5 Å². The number of hydrogen-bond donors (Lipinski definition) is 1. The smallest absolute Gasteiger partial charge is 0.269 e. The van der Waals surface area contributed by atoms with Crippen molar-refractivity contribution >= 4 is 40.4 Å². The van der Waals surface area contributed by atoms with Crippen LogP contribution in [-0.2, 0) is 4.79 Å². The fraction of sp³-hybridized carbons (Fsp3) is 0.190. The second-order valence-corrected chi connectivity index (χ2v) is 8.50. The van der Waals surface area contributed by atoms with Crippen molar-refractivity contribution in [3.63, 3.8) is 0 Å².